The lowest BCUT2D eigenvalue weighted by Crippen LogP contribution is -2.04. The van der Waals surface area contributed by atoms with Gasteiger partial charge in [-0.05, 0) is 12.6 Å². The second-order valence-electron chi connectivity index (χ2n) is 3.41. The van der Waals surface area contributed by atoms with Gasteiger partial charge in [-0.15, -0.1) is 12.3 Å². The van der Waals surface area contributed by atoms with Gasteiger partial charge in [0.25, 0.3) is 0 Å². The summed E-state index contributed by atoms with van der Waals surface area (Å²) in [7, 11) is -1.81. The van der Waals surface area contributed by atoms with Crippen LogP contribution in [0.2, 0.25) is 0 Å². The van der Waals surface area contributed by atoms with Crippen LogP contribution in [0.15, 0.2) is 0 Å². The van der Waals surface area contributed by atoms with E-state index >= 15 is 0 Å². The minimum Gasteiger partial charge on any atom is -0.324 e. The normalized spacial score (nSPS) is 46.9. The molecule has 1 saturated heterocycles. The van der Waals surface area contributed by atoms with Crippen LogP contribution < -0.4 is 0 Å². The summed E-state index contributed by atoms with van der Waals surface area (Å²) in [5.74, 6) is 3.44. The van der Waals surface area contributed by atoms with Gasteiger partial charge in [0.05, 0.1) is 7.14 Å². The SMILES string of the molecule is C#CC1CP(C)(=O)CC1C. The molecule has 1 aliphatic heterocycles. The van der Waals surface area contributed by atoms with Crippen LogP contribution in [0.3, 0.4) is 0 Å². The van der Waals surface area contributed by atoms with Crippen LogP contribution in [-0.2, 0) is 4.57 Å². The second-order valence-corrected chi connectivity index (χ2v) is 6.74. The van der Waals surface area contributed by atoms with Crippen molar-refractivity contribution in [1.82, 2.24) is 0 Å². The van der Waals surface area contributed by atoms with E-state index in [4.69, 9.17) is 6.42 Å². The zero-order chi connectivity index (χ0) is 7.78. The lowest BCUT2D eigenvalue weighted by atomic mass is 10.00. The van der Waals surface area contributed by atoms with E-state index in [9.17, 15) is 4.57 Å². The molecule has 1 rings (SSSR count). The molecule has 0 aromatic heterocycles. The highest BCUT2D eigenvalue weighted by atomic mass is 31.2. The van der Waals surface area contributed by atoms with Gasteiger partial charge in [0, 0.05) is 18.2 Å². The van der Waals surface area contributed by atoms with Crippen LogP contribution in [0.25, 0.3) is 0 Å². The molecule has 1 heterocycles. The first-order valence-corrected chi connectivity index (χ1v) is 6.09. The number of hydrogen-bond donors (Lipinski definition) is 0. The molecule has 1 fully saturated rings. The molecule has 0 radical (unpaired) electrons. The predicted molar refractivity (Wildman–Crippen MR) is 44.8 cm³/mol. The minimum absolute atomic E-state index is 0.274. The minimum atomic E-state index is -1.81. The van der Waals surface area contributed by atoms with Crippen molar-refractivity contribution in [1.29, 1.82) is 0 Å². The van der Waals surface area contributed by atoms with Gasteiger partial charge in [-0.25, -0.2) is 0 Å². The first-order valence-electron chi connectivity index (χ1n) is 3.57. The van der Waals surface area contributed by atoms with Crippen molar-refractivity contribution in [2.24, 2.45) is 11.8 Å². The van der Waals surface area contributed by atoms with Crippen molar-refractivity contribution in [3.8, 4) is 12.3 Å². The largest absolute Gasteiger partial charge is 0.324 e. The Balaban J connectivity index is 2.73. The Labute approximate surface area is 62.6 Å². The molecular formula is C8H13OP. The van der Waals surface area contributed by atoms with E-state index in [-0.39, 0.29) is 5.92 Å². The monoisotopic (exact) mass is 156 g/mol. The first kappa shape index (κ1) is 7.89. The Morgan fingerprint density at radius 3 is 2.40 bits per heavy atom. The predicted octanol–water partition coefficient (Wildman–Crippen LogP) is 1.88. The summed E-state index contributed by atoms with van der Waals surface area (Å²) < 4.78 is 11.5. The molecule has 1 aliphatic rings. The Kier molecular flexibility index (Phi) is 1.92. The van der Waals surface area contributed by atoms with E-state index in [0.29, 0.717) is 5.92 Å². The van der Waals surface area contributed by atoms with E-state index in [1.165, 1.54) is 0 Å². The summed E-state index contributed by atoms with van der Waals surface area (Å²) in [4.78, 5) is 0. The van der Waals surface area contributed by atoms with Crippen molar-refractivity contribution in [2.75, 3.05) is 19.0 Å². The molecule has 1 nitrogen and oxygen atoms in total. The summed E-state index contributed by atoms with van der Waals surface area (Å²) in [6.07, 6.45) is 6.89. The highest BCUT2D eigenvalue weighted by Gasteiger charge is 2.34. The standard InChI is InChI=1S/C8H13OP/c1-4-8-6-10(3,9)5-7(8)2/h1,7-8H,5-6H2,2-3H3. The molecule has 3 atom stereocenters. The average molecular weight is 156 g/mol. The quantitative estimate of drug-likeness (QED) is 0.386. The van der Waals surface area contributed by atoms with Gasteiger partial charge in [-0.1, -0.05) is 6.92 Å². The zero-order valence-electron chi connectivity index (χ0n) is 6.50. The summed E-state index contributed by atoms with van der Waals surface area (Å²) in [6.45, 7) is 3.95. The number of hydrogen-bond acceptors (Lipinski definition) is 1. The molecule has 0 spiro atoms. The summed E-state index contributed by atoms with van der Waals surface area (Å²) >= 11 is 0. The van der Waals surface area contributed by atoms with Crippen molar-refractivity contribution in [2.45, 2.75) is 6.92 Å². The van der Waals surface area contributed by atoms with Gasteiger partial charge in [0.2, 0.25) is 0 Å². The van der Waals surface area contributed by atoms with Gasteiger partial charge in [0.1, 0.15) is 0 Å². The van der Waals surface area contributed by atoms with Crippen molar-refractivity contribution in [3.05, 3.63) is 0 Å². The topological polar surface area (TPSA) is 17.1 Å². The highest BCUT2D eigenvalue weighted by molar-refractivity contribution is 7.63. The molecule has 3 unspecified atom stereocenters. The number of rotatable bonds is 0. The van der Waals surface area contributed by atoms with Crippen LogP contribution in [0, 0.1) is 24.2 Å². The summed E-state index contributed by atoms with van der Waals surface area (Å²) in [5.41, 5.74) is 0. The van der Waals surface area contributed by atoms with E-state index < -0.39 is 7.14 Å². The fraction of sp³-hybridized carbons (Fsp3) is 0.750. The van der Waals surface area contributed by atoms with Crippen LogP contribution >= 0.6 is 7.14 Å². The van der Waals surface area contributed by atoms with Gasteiger partial charge in [-0.2, -0.15) is 0 Å². The number of terminal acetylenes is 1. The fourth-order valence-corrected chi connectivity index (χ4v) is 4.54. The molecule has 0 bridgehead atoms. The Morgan fingerprint density at radius 2 is 2.20 bits per heavy atom. The third kappa shape index (κ3) is 1.44. The third-order valence-electron chi connectivity index (χ3n) is 2.16. The molecule has 56 valence electrons. The molecule has 0 aromatic carbocycles. The van der Waals surface area contributed by atoms with E-state index in [1.807, 2.05) is 6.66 Å². The maximum atomic E-state index is 11.5. The Bertz CT molecular complexity index is 214. The second kappa shape index (κ2) is 2.44. The molecule has 0 amide bonds. The maximum Gasteiger partial charge on any atom is 0.0863 e. The van der Waals surface area contributed by atoms with Gasteiger partial charge >= 0.3 is 0 Å². The third-order valence-corrected chi connectivity index (χ3v) is 4.67. The molecule has 2 heteroatoms. The molecule has 0 aliphatic carbocycles. The van der Waals surface area contributed by atoms with Crippen molar-refractivity contribution in [3.63, 3.8) is 0 Å². The van der Waals surface area contributed by atoms with Crippen LogP contribution in [0.4, 0.5) is 0 Å². The summed E-state index contributed by atoms with van der Waals surface area (Å²) in [5, 5.41) is 0. The van der Waals surface area contributed by atoms with E-state index in [2.05, 4.69) is 12.8 Å². The van der Waals surface area contributed by atoms with E-state index in [1.54, 1.807) is 0 Å². The van der Waals surface area contributed by atoms with Crippen LogP contribution in [0.1, 0.15) is 6.92 Å². The smallest absolute Gasteiger partial charge is 0.0863 e. The van der Waals surface area contributed by atoms with E-state index in [0.717, 1.165) is 12.3 Å². The average Bonchev–Trinajstić information content (AvgIpc) is 2.05. The van der Waals surface area contributed by atoms with Crippen LogP contribution in [-0.4, -0.2) is 19.0 Å². The maximum absolute atomic E-state index is 11.5. The van der Waals surface area contributed by atoms with Crippen LogP contribution in [0.5, 0.6) is 0 Å². The molecule has 0 saturated carbocycles. The highest BCUT2D eigenvalue weighted by Crippen LogP contribution is 2.52. The molecule has 0 aromatic rings. The van der Waals surface area contributed by atoms with Crippen molar-refractivity contribution >= 4 is 7.14 Å². The first-order chi connectivity index (χ1) is 4.55. The molecule has 10 heavy (non-hydrogen) atoms. The van der Waals surface area contributed by atoms with Crippen molar-refractivity contribution < 1.29 is 4.57 Å². The molecular weight excluding hydrogens is 143 g/mol. The lowest BCUT2D eigenvalue weighted by Gasteiger charge is -2.03. The molecule has 0 N–H and O–H groups in total. The zero-order valence-corrected chi connectivity index (χ0v) is 7.40. The lowest BCUT2D eigenvalue weighted by molar-refractivity contribution is 0.560. The Hall–Kier alpha value is -0.210. The Morgan fingerprint density at radius 1 is 1.60 bits per heavy atom. The summed E-state index contributed by atoms with van der Waals surface area (Å²) in [6, 6.07) is 0. The van der Waals surface area contributed by atoms with Gasteiger partial charge in [-0.3, -0.25) is 0 Å². The fourth-order valence-electron chi connectivity index (χ4n) is 1.62. The van der Waals surface area contributed by atoms with Gasteiger partial charge in [0.15, 0.2) is 0 Å². The van der Waals surface area contributed by atoms with Gasteiger partial charge < -0.3 is 4.57 Å².